The average molecular weight is 219 g/mol. The standard InChI is InChI=1S/C10H9N3O3/c1-13-6-8(5-12-13)16-7-2-3-9(10(14)15)11-4-7/h2-6H,1H3,(H,14,15). The summed E-state index contributed by atoms with van der Waals surface area (Å²) in [6.07, 6.45) is 4.62. The third-order valence-electron chi connectivity index (χ3n) is 1.87. The quantitative estimate of drug-likeness (QED) is 0.841. The van der Waals surface area contributed by atoms with E-state index >= 15 is 0 Å². The van der Waals surface area contributed by atoms with E-state index in [1.54, 1.807) is 30.2 Å². The van der Waals surface area contributed by atoms with Crippen LogP contribution in [0, 0.1) is 0 Å². The van der Waals surface area contributed by atoms with Gasteiger partial charge in [0, 0.05) is 7.05 Å². The zero-order chi connectivity index (χ0) is 11.5. The topological polar surface area (TPSA) is 77.2 Å². The summed E-state index contributed by atoms with van der Waals surface area (Å²) in [6.45, 7) is 0. The van der Waals surface area contributed by atoms with Gasteiger partial charge in [0.15, 0.2) is 5.75 Å². The second-order valence-electron chi connectivity index (χ2n) is 3.14. The molecule has 0 aromatic carbocycles. The molecule has 0 radical (unpaired) electrons. The van der Waals surface area contributed by atoms with E-state index in [1.165, 1.54) is 12.3 Å². The summed E-state index contributed by atoms with van der Waals surface area (Å²) in [5.74, 6) is -0.0155. The molecule has 6 nitrogen and oxygen atoms in total. The van der Waals surface area contributed by atoms with Crippen LogP contribution < -0.4 is 4.74 Å². The van der Waals surface area contributed by atoms with Crippen molar-refractivity contribution in [3.05, 3.63) is 36.4 Å². The molecule has 0 aliphatic rings. The summed E-state index contributed by atoms with van der Waals surface area (Å²) < 4.78 is 7.00. The average Bonchev–Trinajstić information content (AvgIpc) is 2.65. The minimum absolute atomic E-state index is 0.0152. The molecule has 0 aliphatic heterocycles. The number of nitrogens with zero attached hydrogens (tertiary/aromatic N) is 3. The second-order valence-corrected chi connectivity index (χ2v) is 3.14. The fourth-order valence-corrected chi connectivity index (χ4v) is 1.15. The van der Waals surface area contributed by atoms with Gasteiger partial charge in [0.05, 0.1) is 18.6 Å². The molecule has 2 aromatic heterocycles. The number of rotatable bonds is 3. The van der Waals surface area contributed by atoms with Crippen LogP contribution in [0.3, 0.4) is 0 Å². The maximum atomic E-state index is 10.6. The fourth-order valence-electron chi connectivity index (χ4n) is 1.15. The fraction of sp³-hybridized carbons (Fsp3) is 0.100. The lowest BCUT2D eigenvalue weighted by Crippen LogP contribution is -1.99. The van der Waals surface area contributed by atoms with Crippen molar-refractivity contribution < 1.29 is 14.6 Å². The molecule has 0 atom stereocenters. The Kier molecular flexibility index (Phi) is 2.55. The zero-order valence-corrected chi connectivity index (χ0v) is 8.49. The molecule has 0 saturated carbocycles. The summed E-state index contributed by atoms with van der Waals surface area (Å²) >= 11 is 0. The van der Waals surface area contributed by atoms with Crippen molar-refractivity contribution >= 4 is 5.97 Å². The van der Waals surface area contributed by atoms with Gasteiger partial charge in [0.1, 0.15) is 11.4 Å². The molecule has 0 aliphatic carbocycles. The Hall–Kier alpha value is -2.37. The number of carboxylic acids is 1. The molecule has 2 aromatic rings. The van der Waals surface area contributed by atoms with E-state index in [9.17, 15) is 4.79 Å². The number of aromatic carboxylic acids is 1. The summed E-state index contributed by atoms with van der Waals surface area (Å²) in [6, 6.07) is 2.93. The van der Waals surface area contributed by atoms with E-state index in [1.807, 2.05) is 0 Å². The van der Waals surface area contributed by atoms with Crippen molar-refractivity contribution in [3.63, 3.8) is 0 Å². The summed E-state index contributed by atoms with van der Waals surface area (Å²) in [5, 5.41) is 12.6. The van der Waals surface area contributed by atoms with Crippen molar-refractivity contribution in [2.24, 2.45) is 7.05 Å². The van der Waals surface area contributed by atoms with Crippen LogP contribution in [0.1, 0.15) is 10.5 Å². The molecule has 0 fully saturated rings. The highest BCUT2D eigenvalue weighted by atomic mass is 16.5. The number of ether oxygens (including phenoxy) is 1. The molecule has 0 bridgehead atoms. The van der Waals surface area contributed by atoms with Crippen molar-refractivity contribution in [1.82, 2.24) is 14.8 Å². The Labute approximate surface area is 91.1 Å². The molecule has 2 heterocycles. The Bertz CT molecular complexity index is 504. The van der Waals surface area contributed by atoms with E-state index in [-0.39, 0.29) is 5.69 Å². The summed E-state index contributed by atoms with van der Waals surface area (Å²) in [5.41, 5.74) is -0.0152. The molecule has 2 rings (SSSR count). The smallest absolute Gasteiger partial charge is 0.354 e. The van der Waals surface area contributed by atoms with Crippen LogP contribution in [0.5, 0.6) is 11.5 Å². The Balaban J connectivity index is 2.14. The lowest BCUT2D eigenvalue weighted by molar-refractivity contribution is 0.0690. The third kappa shape index (κ3) is 2.17. The minimum Gasteiger partial charge on any atom is -0.477 e. The lowest BCUT2D eigenvalue weighted by Gasteiger charge is -2.01. The van der Waals surface area contributed by atoms with Gasteiger partial charge in [-0.05, 0) is 12.1 Å². The number of aryl methyl sites for hydroxylation is 1. The van der Waals surface area contributed by atoms with E-state index < -0.39 is 5.97 Å². The largest absolute Gasteiger partial charge is 0.477 e. The van der Waals surface area contributed by atoms with Gasteiger partial charge in [0.2, 0.25) is 0 Å². The molecule has 0 amide bonds. The molecule has 1 N–H and O–H groups in total. The Morgan fingerprint density at radius 2 is 2.19 bits per heavy atom. The first-order valence-electron chi connectivity index (χ1n) is 4.51. The highest BCUT2D eigenvalue weighted by Crippen LogP contribution is 2.19. The van der Waals surface area contributed by atoms with Crippen LogP contribution in [-0.2, 0) is 7.05 Å². The van der Waals surface area contributed by atoms with Crippen LogP contribution >= 0.6 is 0 Å². The molecule has 0 saturated heterocycles. The van der Waals surface area contributed by atoms with Crippen molar-refractivity contribution in [3.8, 4) is 11.5 Å². The van der Waals surface area contributed by atoms with Crippen LogP contribution in [0.4, 0.5) is 0 Å². The van der Waals surface area contributed by atoms with Crippen molar-refractivity contribution in [1.29, 1.82) is 0 Å². The van der Waals surface area contributed by atoms with Gasteiger partial charge in [-0.1, -0.05) is 0 Å². The van der Waals surface area contributed by atoms with E-state index in [4.69, 9.17) is 9.84 Å². The highest BCUT2D eigenvalue weighted by molar-refractivity contribution is 5.85. The lowest BCUT2D eigenvalue weighted by atomic mass is 10.3. The highest BCUT2D eigenvalue weighted by Gasteiger charge is 2.05. The second kappa shape index (κ2) is 4.01. The first-order valence-corrected chi connectivity index (χ1v) is 4.51. The molecule has 16 heavy (non-hydrogen) atoms. The van der Waals surface area contributed by atoms with Gasteiger partial charge in [-0.15, -0.1) is 0 Å². The summed E-state index contributed by atoms with van der Waals surface area (Å²) in [7, 11) is 1.78. The van der Waals surface area contributed by atoms with E-state index in [0.29, 0.717) is 11.5 Å². The Morgan fingerprint density at radius 1 is 1.38 bits per heavy atom. The van der Waals surface area contributed by atoms with Gasteiger partial charge in [-0.2, -0.15) is 5.10 Å². The number of aromatic nitrogens is 3. The van der Waals surface area contributed by atoms with E-state index in [0.717, 1.165) is 0 Å². The predicted molar refractivity (Wildman–Crippen MR) is 54.5 cm³/mol. The normalized spacial score (nSPS) is 10.1. The van der Waals surface area contributed by atoms with E-state index in [2.05, 4.69) is 10.1 Å². The number of carbonyl (C=O) groups is 1. The van der Waals surface area contributed by atoms with Crippen molar-refractivity contribution in [2.75, 3.05) is 0 Å². The first-order chi connectivity index (χ1) is 7.65. The SMILES string of the molecule is Cn1cc(Oc2ccc(C(=O)O)nc2)cn1. The maximum absolute atomic E-state index is 10.6. The number of hydrogen-bond acceptors (Lipinski definition) is 4. The van der Waals surface area contributed by atoms with Gasteiger partial charge in [-0.25, -0.2) is 9.78 Å². The van der Waals surface area contributed by atoms with Gasteiger partial charge in [-0.3, -0.25) is 4.68 Å². The molecular weight excluding hydrogens is 210 g/mol. The number of carboxylic acid groups (broad SMARTS) is 1. The summed E-state index contributed by atoms with van der Waals surface area (Å²) in [4.78, 5) is 14.3. The maximum Gasteiger partial charge on any atom is 0.354 e. The van der Waals surface area contributed by atoms with Crippen LogP contribution in [0.25, 0.3) is 0 Å². The number of pyridine rings is 1. The molecule has 0 spiro atoms. The Morgan fingerprint density at radius 3 is 2.69 bits per heavy atom. The van der Waals surface area contributed by atoms with Crippen LogP contribution in [0.15, 0.2) is 30.7 Å². The van der Waals surface area contributed by atoms with Crippen molar-refractivity contribution in [2.45, 2.75) is 0 Å². The zero-order valence-electron chi connectivity index (χ0n) is 8.49. The van der Waals surface area contributed by atoms with Crippen LogP contribution in [-0.4, -0.2) is 25.8 Å². The molecular formula is C10H9N3O3. The third-order valence-corrected chi connectivity index (χ3v) is 1.87. The minimum atomic E-state index is -1.06. The molecule has 0 unspecified atom stereocenters. The predicted octanol–water partition coefficient (Wildman–Crippen LogP) is 1.31. The van der Waals surface area contributed by atoms with Gasteiger partial charge < -0.3 is 9.84 Å². The molecule has 6 heteroatoms. The number of hydrogen-bond donors (Lipinski definition) is 1. The van der Waals surface area contributed by atoms with Gasteiger partial charge >= 0.3 is 5.97 Å². The molecule has 82 valence electrons. The first kappa shape index (κ1) is 10.2. The monoisotopic (exact) mass is 219 g/mol. The van der Waals surface area contributed by atoms with Crippen LogP contribution in [0.2, 0.25) is 0 Å². The van der Waals surface area contributed by atoms with Gasteiger partial charge in [0.25, 0.3) is 0 Å².